The second-order valence-electron chi connectivity index (χ2n) is 6.06. The van der Waals surface area contributed by atoms with E-state index in [9.17, 15) is 5.11 Å². The first kappa shape index (κ1) is 15.5. The van der Waals surface area contributed by atoms with E-state index in [0.717, 1.165) is 34.3 Å². The summed E-state index contributed by atoms with van der Waals surface area (Å²) in [5.74, 6) is 0. The van der Waals surface area contributed by atoms with Crippen LogP contribution in [0.2, 0.25) is 0 Å². The first-order valence-corrected chi connectivity index (χ1v) is 7.83. The Morgan fingerprint density at radius 2 is 2.09 bits per heavy atom. The molecule has 5 heteroatoms. The highest BCUT2D eigenvalue weighted by atomic mass is 16.3. The second kappa shape index (κ2) is 6.01. The number of aliphatic hydroxyl groups is 1. The predicted molar refractivity (Wildman–Crippen MR) is 92.4 cm³/mol. The van der Waals surface area contributed by atoms with Crippen LogP contribution in [0.15, 0.2) is 42.7 Å². The number of nitrogens with one attached hydrogen (secondary N) is 1. The van der Waals surface area contributed by atoms with Crippen molar-refractivity contribution in [3.8, 4) is 0 Å². The number of benzene rings is 1. The van der Waals surface area contributed by atoms with Crippen LogP contribution < -0.4 is 5.32 Å². The minimum Gasteiger partial charge on any atom is -0.383 e. The topological polar surface area (TPSA) is 63.0 Å². The van der Waals surface area contributed by atoms with Gasteiger partial charge in [0.25, 0.3) is 0 Å². The summed E-state index contributed by atoms with van der Waals surface area (Å²) >= 11 is 0. The lowest BCUT2D eigenvalue weighted by Gasteiger charge is -2.23. The average Bonchev–Trinajstić information content (AvgIpc) is 3.00. The average molecular weight is 310 g/mol. The first-order valence-electron chi connectivity index (χ1n) is 7.83. The van der Waals surface area contributed by atoms with Crippen molar-refractivity contribution in [3.63, 3.8) is 0 Å². The van der Waals surface area contributed by atoms with Crippen molar-refractivity contribution in [2.75, 3.05) is 11.9 Å². The van der Waals surface area contributed by atoms with Crippen LogP contribution in [0.5, 0.6) is 0 Å². The Balaban J connectivity index is 1.89. The molecule has 2 heterocycles. The Hall–Kier alpha value is -2.40. The predicted octanol–water partition coefficient (Wildman–Crippen LogP) is 2.85. The van der Waals surface area contributed by atoms with Gasteiger partial charge in [0.15, 0.2) is 0 Å². The molecule has 0 saturated carbocycles. The maximum Gasteiger partial charge on any atom is 0.107 e. The molecule has 0 aliphatic carbocycles. The fourth-order valence-electron chi connectivity index (χ4n) is 2.63. The van der Waals surface area contributed by atoms with E-state index in [1.54, 1.807) is 17.8 Å². The smallest absolute Gasteiger partial charge is 0.107 e. The van der Waals surface area contributed by atoms with Crippen molar-refractivity contribution < 1.29 is 5.11 Å². The van der Waals surface area contributed by atoms with Crippen LogP contribution in [-0.2, 0) is 19.1 Å². The molecule has 0 aliphatic heterocycles. The second-order valence-corrected chi connectivity index (χ2v) is 6.06. The zero-order valence-electron chi connectivity index (χ0n) is 13.7. The van der Waals surface area contributed by atoms with E-state index in [1.165, 1.54) is 0 Å². The van der Waals surface area contributed by atoms with Gasteiger partial charge in [0.2, 0.25) is 0 Å². The van der Waals surface area contributed by atoms with Gasteiger partial charge in [-0.25, -0.2) is 0 Å². The van der Waals surface area contributed by atoms with Gasteiger partial charge in [0.05, 0.1) is 11.7 Å². The molecular weight excluding hydrogens is 288 g/mol. The summed E-state index contributed by atoms with van der Waals surface area (Å²) in [6.07, 6.45) is 4.41. The SMILES string of the molecule is CCc1cc(NCC(C)(O)c2cnn(C)c2)c2ccccc2n1. The van der Waals surface area contributed by atoms with Crippen LogP contribution >= 0.6 is 0 Å². The van der Waals surface area contributed by atoms with E-state index in [-0.39, 0.29) is 0 Å². The molecule has 0 fully saturated rings. The lowest BCUT2D eigenvalue weighted by atomic mass is 9.99. The molecule has 2 aromatic heterocycles. The van der Waals surface area contributed by atoms with E-state index in [1.807, 2.05) is 37.5 Å². The van der Waals surface area contributed by atoms with Gasteiger partial charge in [-0.2, -0.15) is 5.10 Å². The van der Waals surface area contributed by atoms with Gasteiger partial charge in [-0.3, -0.25) is 9.67 Å². The fourth-order valence-corrected chi connectivity index (χ4v) is 2.63. The Bertz CT molecular complexity index is 823. The maximum absolute atomic E-state index is 10.7. The van der Waals surface area contributed by atoms with E-state index in [0.29, 0.717) is 6.54 Å². The van der Waals surface area contributed by atoms with Crippen molar-refractivity contribution in [2.45, 2.75) is 25.9 Å². The third-order valence-corrected chi connectivity index (χ3v) is 4.08. The number of aromatic nitrogens is 3. The van der Waals surface area contributed by atoms with E-state index in [4.69, 9.17) is 0 Å². The largest absolute Gasteiger partial charge is 0.383 e. The summed E-state index contributed by atoms with van der Waals surface area (Å²) in [5.41, 5.74) is 2.80. The Morgan fingerprint density at radius 1 is 1.30 bits per heavy atom. The third kappa shape index (κ3) is 3.19. The van der Waals surface area contributed by atoms with Crippen molar-refractivity contribution >= 4 is 16.6 Å². The Kier molecular flexibility index (Phi) is 4.05. The van der Waals surface area contributed by atoms with E-state index in [2.05, 4.69) is 28.4 Å². The van der Waals surface area contributed by atoms with Crippen LogP contribution in [0.25, 0.3) is 10.9 Å². The maximum atomic E-state index is 10.7. The monoisotopic (exact) mass is 310 g/mol. The summed E-state index contributed by atoms with van der Waals surface area (Å²) < 4.78 is 1.70. The number of para-hydroxylation sites is 1. The van der Waals surface area contributed by atoms with Crippen LogP contribution in [0, 0.1) is 0 Å². The van der Waals surface area contributed by atoms with Gasteiger partial charge in [-0.15, -0.1) is 0 Å². The van der Waals surface area contributed by atoms with Gasteiger partial charge in [-0.1, -0.05) is 25.1 Å². The molecule has 0 spiro atoms. The van der Waals surface area contributed by atoms with Crippen LogP contribution in [0.1, 0.15) is 25.1 Å². The minimum atomic E-state index is -0.995. The summed E-state index contributed by atoms with van der Waals surface area (Å²) in [5, 5.41) is 19.3. The molecule has 3 aromatic rings. The van der Waals surface area contributed by atoms with Crippen molar-refractivity contribution in [3.05, 3.63) is 54.0 Å². The molecule has 0 bridgehead atoms. The van der Waals surface area contributed by atoms with Crippen LogP contribution in [0.4, 0.5) is 5.69 Å². The normalized spacial score (nSPS) is 13.9. The third-order valence-electron chi connectivity index (χ3n) is 4.08. The molecule has 0 radical (unpaired) electrons. The standard InChI is InChI=1S/C18H22N4O/c1-4-14-9-17(15-7-5-6-8-16(15)21-14)19-12-18(2,23)13-10-20-22(3)11-13/h5-11,23H,4,12H2,1-3H3,(H,19,21). The van der Waals surface area contributed by atoms with Gasteiger partial charge in [0.1, 0.15) is 5.60 Å². The van der Waals surface area contributed by atoms with Crippen molar-refractivity contribution in [2.24, 2.45) is 7.05 Å². The molecule has 0 saturated heterocycles. The highest BCUT2D eigenvalue weighted by Crippen LogP contribution is 2.26. The zero-order chi connectivity index (χ0) is 16.4. The quantitative estimate of drug-likeness (QED) is 0.760. The molecule has 0 aliphatic rings. The van der Waals surface area contributed by atoms with E-state index < -0.39 is 5.60 Å². The van der Waals surface area contributed by atoms with E-state index >= 15 is 0 Å². The summed E-state index contributed by atoms with van der Waals surface area (Å²) in [7, 11) is 1.84. The summed E-state index contributed by atoms with van der Waals surface area (Å²) in [6, 6.07) is 10.1. The van der Waals surface area contributed by atoms with Gasteiger partial charge in [-0.05, 0) is 25.5 Å². The zero-order valence-corrected chi connectivity index (χ0v) is 13.7. The molecule has 1 aromatic carbocycles. The lowest BCUT2D eigenvalue weighted by Crippen LogP contribution is -2.30. The minimum absolute atomic E-state index is 0.399. The van der Waals surface area contributed by atoms with Gasteiger partial charge >= 0.3 is 0 Å². The molecule has 23 heavy (non-hydrogen) atoms. The van der Waals surface area contributed by atoms with Crippen molar-refractivity contribution in [1.82, 2.24) is 14.8 Å². The highest BCUT2D eigenvalue weighted by Gasteiger charge is 2.24. The Labute approximate surface area is 136 Å². The molecule has 0 amide bonds. The fraction of sp³-hybridized carbons (Fsp3) is 0.333. The lowest BCUT2D eigenvalue weighted by molar-refractivity contribution is 0.0715. The van der Waals surface area contributed by atoms with Crippen molar-refractivity contribution in [1.29, 1.82) is 0 Å². The Morgan fingerprint density at radius 3 is 2.78 bits per heavy atom. The summed E-state index contributed by atoms with van der Waals surface area (Å²) in [6.45, 7) is 4.28. The number of aryl methyl sites for hydroxylation is 2. The summed E-state index contributed by atoms with van der Waals surface area (Å²) in [4.78, 5) is 4.64. The molecule has 2 N–H and O–H groups in total. The first-order chi connectivity index (χ1) is 11.0. The van der Waals surface area contributed by atoms with Gasteiger partial charge in [0, 0.05) is 42.1 Å². The molecule has 5 nitrogen and oxygen atoms in total. The van der Waals surface area contributed by atoms with Crippen LogP contribution in [-0.4, -0.2) is 26.4 Å². The number of nitrogens with zero attached hydrogens (tertiary/aromatic N) is 3. The molecule has 1 atom stereocenters. The molecule has 1 unspecified atom stereocenters. The van der Waals surface area contributed by atoms with Gasteiger partial charge < -0.3 is 10.4 Å². The molecule has 120 valence electrons. The highest BCUT2D eigenvalue weighted by molar-refractivity contribution is 5.91. The van der Waals surface area contributed by atoms with Crippen LogP contribution in [0.3, 0.4) is 0 Å². The molecular formula is C18H22N4O. The number of pyridine rings is 1. The number of hydrogen-bond acceptors (Lipinski definition) is 4. The number of hydrogen-bond donors (Lipinski definition) is 2. The number of fused-ring (bicyclic) bond motifs is 1. The number of anilines is 1. The number of rotatable bonds is 5. The molecule has 3 rings (SSSR count).